The Labute approximate surface area is 129 Å². The van der Waals surface area contributed by atoms with E-state index in [9.17, 15) is 4.79 Å². The first kappa shape index (κ1) is 15.4. The molecule has 1 aromatic rings. The van der Waals surface area contributed by atoms with Crippen LogP contribution in [0.2, 0.25) is 5.02 Å². The molecule has 0 unspecified atom stereocenters. The van der Waals surface area contributed by atoms with Crippen LogP contribution in [-0.4, -0.2) is 35.0 Å². The van der Waals surface area contributed by atoms with Crippen molar-refractivity contribution in [3.63, 3.8) is 0 Å². The van der Waals surface area contributed by atoms with Gasteiger partial charge in [-0.3, -0.25) is 4.79 Å². The van der Waals surface area contributed by atoms with Crippen LogP contribution in [0, 0.1) is 0 Å². The molecular weight excluding hydrogens is 294 g/mol. The Hall–Kier alpha value is -0.940. The van der Waals surface area contributed by atoms with Crippen molar-refractivity contribution in [2.24, 2.45) is 0 Å². The van der Waals surface area contributed by atoms with E-state index in [1.54, 1.807) is 12.3 Å². The lowest BCUT2D eigenvalue weighted by atomic mass is 10.2. The maximum atomic E-state index is 12.1. The molecule has 1 heterocycles. The monoisotopic (exact) mass is 313 g/mol. The number of nitrogens with zero attached hydrogens (tertiary/aromatic N) is 1. The Kier molecular flexibility index (Phi) is 5.16. The van der Waals surface area contributed by atoms with E-state index in [2.05, 4.69) is 28.8 Å². The highest BCUT2D eigenvalue weighted by atomic mass is 35.5. The normalized spacial score (nSPS) is 15.8. The van der Waals surface area contributed by atoms with E-state index in [1.807, 2.05) is 11.8 Å². The number of carbonyl (C=O) groups is 1. The summed E-state index contributed by atoms with van der Waals surface area (Å²) in [4.78, 5) is 16.3. The number of pyridine rings is 1. The summed E-state index contributed by atoms with van der Waals surface area (Å²) in [6, 6.07) is 1.67. The van der Waals surface area contributed by atoms with Gasteiger partial charge >= 0.3 is 0 Å². The second-order valence-corrected chi connectivity index (χ2v) is 6.73. The molecule has 2 rings (SSSR count). The number of hydrogen-bond donors (Lipinski definition) is 2. The highest BCUT2D eigenvalue weighted by Crippen LogP contribution is 2.46. The Morgan fingerprint density at radius 2 is 2.30 bits per heavy atom. The van der Waals surface area contributed by atoms with E-state index in [0.717, 1.165) is 13.0 Å². The number of aromatic nitrogens is 1. The van der Waals surface area contributed by atoms with Gasteiger partial charge in [-0.15, -0.1) is 0 Å². The zero-order valence-electron chi connectivity index (χ0n) is 11.8. The second kappa shape index (κ2) is 6.68. The van der Waals surface area contributed by atoms with Crippen molar-refractivity contribution >= 4 is 35.1 Å². The van der Waals surface area contributed by atoms with Crippen molar-refractivity contribution in [2.45, 2.75) is 30.9 Å². The fourth-order valence-electron chi connectivity index (χ4n) is 1.87. The molecule has 1 amide bonds. The predicted molar refractivity (Wildman–Crippen MR) is 85.8 cm³/mol. The van der Waals surface area contributed by atoms with E-state index in [-0.39, 0.29) is 10.7 Å². The van der Waals surface area contributed by atoms with Gasteiger partial charge in [-0.1, -0.05) is 18.5 Å². The van der Waals surface area contributed by atoms with Crippen LogP contribution in [0.1, 0.15) is 36.5 Å². The molecule has 1 saturated carbocycles. The molecule has 0 radical (unpaired) electrons. The molecular formula is C14H20ClN3OS. The smallest absolute Gasteiger partial charge is 0.252 e. The highest BCUT2D eigenvalue weighted by Gasteiger charge is 2.41. The van der Waals surface area contributed by atoms with Crippen LogP contribution in [0.5, 0.6) is 0 Å². The molecule has 1 aliphatic carbocycles. The molecule has 0 aliphatic heterocycles. The SMILES string of the molecule is CCCNc1ncc(C(=O)NCC2(SC)CC2)cc1Cl. The molecule has 110 valence electrons. The van der Waals surface area contributed by atoms with Gasteiger partial charge in [0.05, 0.1) is 10.6 Å². The average molecular weight is 314 g/mol. The minimum atomic E-state index is -0.109. The van der Waals surface area contributed by atoms with E-state index >= 15 is 0 Å². The third-order valence-corrected chi connectivity index (χ3v) is 5.16. The van der Waals surface area contributed by atoms with Gasteiger partial charge in [0.1, 0.15) is 5.82 Å². The number of carbonyl (C=O) groups excluding carboxylic acids is 1. The van der Waals surface area contributed by atoms with Gasteiger partial charge in [-0.25, -0.2) is 4.98 Å². The van der Waals surface area contributed by atoms with E-state index < -0.39 is 0 Å². The van der Waals surface area contributed by atoms with Gasteiger partial charge in [0.25, 0.3) is 5.91 Å². The number of halogens is 1. The van der Waals surface area contributed by atoms with Crippen molar-refractivity contribution in [3.05, 3.63) is 22.8 Å². The van der Waals surface area contributed by atoms with Crippen LogP contribution in [0.15, 0.2) is 12.3 Å². The zero-order chi connectivity index (χ0) is 14.6. The Morgan fingerprint density at radius 1 is 1.55 bits per heavy atom. The fraction of sp³-hybridized carbons (Fsp3) is 0.571. The molecule has 6 heteroatoms. The summed E-state index contributed by atoms with van der Waals surface area (Å²) in [7, 11) is 0. The van der Waals surface area contributed by atoms with Gasteiger partial charge in [0.2, 0.25) is 0 Å². The molecule has 1 aliphatic rings. The summed E-state index contributed by atoms with van der Waals surface area (Å²) in [5.41, 5.74) is 0.508. The molecule has 0 atom stereocenters. The van der Waals surface area contributed by atoms with E-state index in [4.69, 9.17) is 11.6 Å². The van der Waals surface area contributed by atoms with Crippen LogP contribution >= 0.6 is 23.4 Å². The number of hydrogen-bond acceptors (Lipinski definition) is 4. The molecule has 0 bridgehead atoms. The first-order valence-electron chi connectivity index (χ1n) is 6.83. The number of thioether (sulfide) groups is 1. The first-order chi connectivity index (χ1) is 9.60. The van der Waals surface area contributed by atoms with Gasteiger partial charge < -0.3 is 10.6 Å². The molecule has 0 spiro atoms. The van der Waals surface area contributed by atoms with Crippen molar-refractivity contribution in [1.29, 1.82) is 0 Å². The minimum Gasteiger partial charge on any atom is -0.369 e. The second-order valence-electron chi connectivity index (χ2n) is 5.05. The summed E-state index contributed by atoms with van der Waals surface area (Å²) in [5, 5.41) is 6.57. The van der Waals surface area contributed by atoms with Crippen molar-refractivity contribution in [2.75, 3.05) is 24.7 Å². The summed E-state index contributed by atoms with van der Waals surface area (Å²) in [6.45, 7) is 3.59. The third kappa shape index (κ3) is 3.79. The van der Waals surface area contributed by atoms with Gasteiger partial charge in [-0.05, 0) is 31.6 Å². The fourth-order valence-corrected chi connectivity index (χ4v) is 2.83. The molecule has 0 saturated heterocycles. The van der Waals surface area contributed by atoms with Crippen LogP contribution in [0.4, 0.5) is 5.82 Å². The summed E-state index contributed by atoms with van der Waals surface area (Å²) >= 11 is 7.95. The molecule has 4 nitrogen and oxygen atoms in total. The standard InChI is InChI=1S/C14H20ClN3OS/c1-3-6-16-12-11(15)7-10(8-17-12)13(19)18-9-14(20-2)4-5-14/h7-8H,3-6,9H2,1-2H3,(H,16,17)(H,18,19). The summed E-state index contributed by atoms with van der Waals surface area (Å²) in [5.74, 6) is 0.523. The van der Waals surface area contributed by atoms with Crippen LogP contribution < -0.4 is 10.6 Å². The van der Waals surface area contributed by atoms with Gasteiger partial charge in [0.15, 0.2) is 0 Å². The lowest BCUT2D eigenvalue weighted by Crippen LogP contribution is -2.31. The third-order valence-electron chi connectivity index (χ3n) is 3.46. The number of anilines is 1. The quantitative estimate of drug-likeness (QED) is 0.812. The van der Waals surface area contributed by atoms with Gasteiger partial charge in [0, 0.05) is 24.0 Å². The van der Waals surface area contributed by atoms with E-state index in [1.165, 1.54) is 12.8 Å². The summed E-state index contributed by atoms with van der Waals surface area (Å²) in [6.07, 6.45) is 7.00. The molecule has 1 aromatic heterocycles. The average Bonchev–Trinajstić information content (AvgIpc) is 3.24. The Morgan fingerprint density at radius 3 is 2.85 bits per heavy atom. The van der Waals surface area contributed by atoms with Crippen LogP contribution in [-0.2, 0) is 0 Å². The molecule has 2 N–H and O–H groups in total. The molecule has 0 aromatic carbocycles. The lowest BCUT2D eigenvalue weighted by Gasteiger charge is -2.13. The van der Waals surface area contributed by atoms with Crippen molar-refractivity contribution < 1.29 is 4.79 Å². The van der Waals surface area contributed by atoms with Crippen molar-refractivity contribution in [1.82, 2.24) is 10.3 Å². The predicted octanol–water partition coefficient (Wildman–Crippen LogP) is 3.18. The molecule has 20 heavy (non-hydrogen) atoms. The number of rotatable bonds is 7. The number of nitrogens with one attached hydrogen (secondary N) is 2. The minimum absolute atomic E-state index is 0.109. The Balaban J connectivity index is 1.94. The zero-order valence-corrected chi connectivity index (χ0v) is 13.4. The van der Waals surface area contributed by atoms with Crippen LogP contribution in [0.25, 0.3) is 0 Å². The van der Waals surface area contributed by atoms with Crippen LogP contribution in [0.3, 0.4) is 0 Å². The molecule has 1 fully saturated rings. The van der Waals surface area contributed by atoms with E-state index in [0.29, 0.717) is 22.9 Å². The van der Waals surface area contributed by atoms with Crippen molar-refractivity contribution in [3.8, 4) is 0 Å². The largest absolute Gasteiger partial charge is 0.369 e. The van der Waals surface area contributed by atoms with Gasteiger partial charge in [-0.2, -0.15) is 11.8 Å². The summed E-state index contributed by atoms with van der Waals surface area (Å²) < 4.78 is 0.259. The topological polar surface area (TPSA) is 54.0 Å². The maximum Gasteiger partial charge on any atom is 0.252 e. The first-order valence-corrected chi connectivity index (χ1v) is 8.43. The maximum absolute atomic E-state index is 12.1. The highest BCUT2D eigenvalue weighted by molar-refractivity contribution is 8.00. The number of amides is 1. The lowest BCUT2D eigenvalue weighted by molar-refractivity contribution is 0.0952. The Bertz CT molecular complexity index is 491.